The molecule has 170 valence electrons. The van der Waals surface area contributed by atoms with Crippen LogP contribution in [0, 0.1) is 0 Å². The van der Waals surface area contributed by atoms with Crippen LogP contribution in [0.25, 0.3) is 0 Å². The average molecular weight is 455 g/mol. The number of likely N-dealkylation sites (tertiary alicyclic amines) is 1. The van der Waals surface area contributed by atoms with Crippen LogP contribution in [0.2, 0.25) is 5.02 Å². The third-order valence-electron chi connectivity index (χ3n) is 6.45. The molecule has 7 heteroatoms. The van der Waals surface area contributed by atoms with Gasteiger partial charge in [0.25, 0.3) is 0 Å². The fourth-order valence-corrected chi connectivity index (χ4v) is 4.78. The average Bonchev–Trinajstić information content (AvgIpc) is 3.33. The third kappa shape index (κ3) is 5.43. The summed E-state index contributed by atoms with van der Waals surface area (Å²) in [5, 5.41) is 6.19. The van der Waals surface area contributed by atoms with Crippen LogP contribution in [0.15, 0.2) is 42.5 Å². The standard InChI is InChI=1S/C25H31ClN4O2/c1-29-12-4-5-19-15-20(8-11-22(19)29)23(30-13-2-3-14-30)17-28-25(32)24(31)27-16-18-6-9-21(26)10-7-18/h6-11,15,23H,2-5,12-14,16-17H2,1H3,(H,27,31)(H,28,32)/t23-/m0/s1. The van der Waals surface area contributed by atoms with Crippen LogP contribution in [-0.4, -0.2) is 49.9 Å². The van der Waals surface area contributed by atoms with Crippen molar-refractivity contribution in [2.75, 3.05) is 38.1 Å². The van der Waals surface area contributed by atoms with E-state index in [1.165, 1.54) is 29.7 Å². The predicted octanol–water partition coefficient (Wildman–Crippen LogP) is 3.29. The highest BCUT2D eigenvalue weighted by molar-refractivity contribution is 6.35. The van der Waals surface area contributed by atoms with Crippen molar-refractivity contribution in [3.8, 4) is 0 Å². The van der Waals surface area contributed by atoms with Crippen molar-refractivity contribution < 1.29 is 9.59 Å². The van der Waals surface area contributed by atoms with Crippen LogP contribution in [0.3, 0.4) is 0 Å². The van der Waals surface area contributed by atoms with Crippen molar-refractivity contribution in [3.63, 3.8) is 0 Å². The number of nitrogens with one attached hydrogen (secondary N) is 2. The van der Waals surface area contributed by atoms with Crippen molar-refractivity contribution in [2.24, 2.45) is 0 Å². The molecule has 2 aliphatic rings. The maximum absolute atomic E-state index is 12.5. The van der Waals surface area contributed by atoms with Gasteiger partial charge < -0.3 is 15.5 Å². The molecule has 0 saturated carbocycles. The largest absolute Gasteiger partial charge is 0.374 e. The molecule has 2 N–H and O–H groups in total. The zero-order chi connectivity index (χ0) is 22.5. The Kier molecular flexibility index (Phi) is 7.33. The fourth-order valence-electron chi connectivity index (χ4n) is 4.66. The number of rotatable bonds is 6. The van der Waals surface area contributed by atoms with Crippen LogP contribution in [0.5, 0.6) is 0 Å². The molecular weight excluding hydrogens is 424 g/mol. The Hall–Kier alpha value is -2.57. The second-order valence-electron chi connectivity index (χ2n) is 8.69. The summed E-state index contributed by atoms with van der Waals surface area (Å²) in [6, 6.07) is 13.9. The number of carbonyl (C=O) groups is 2. The second-order valence-corrected chi connectivity index (χ2v) is 9.13. The number of nitrogens with zero attached hydrogens (tertiary/aromatic N) is 2. The summed E-state index contributed by atoms with van der Waals surface area (Å²) in [6.45, 7) is 3.82. The quantitative estimate of drug-likeness (QED) is 0.657. The molecule has 32 heavy (non-hydrogen) atoms. The zero-order valence-corrected chi connectivity index (χ0v) is 19.3. The molecular formula is C25H31ClN4O2. The van der Waals surface area contributed by atoms with Gasteiger partial charge in [0, 0.05) is 37.4 Å². The SMILES string of the molecule is CN1CCCc2cc([C@H](CNC(=O)C(=O)NCc3ccc(Cl)cc3)N3CCCC3)ccc21. The molecule has 2 aromatic rings. The van der Waals surface area contributed by atoms with E-state index in [0.717, 1.165) is 38.0 Å². The van der Waals surface area contributed by atoms with Gasteiger partial charge in [-0.25, -0.2) is 0 Å². The topological polar surface area (TPSA) is 64.7 Å². The number of hydrogen-bond donors (Lipinski definition) is 2. The number of fused-ring (bicyclic) bond motifs is 1. The highest BCUT2D eigenvalue weighted by atomic mass is 35.5. The molecule has 0 spiro atoms. The van der Waals surface area contributed by atoms with Crippen molar-refractivity contribution in [1.82, 2.24) is 15.5 Å². The van der Waals surface area contributed by atoms with Crippen LogP contribution in [0.4, 0.5) is 5.69 Å². The number of benzene rings is 2. The van der Waals surface area contributed by atoms with Gasteiger partial charge in [0.2, 0.25) is 0 Å². The molecule has 0 bridgehead atoms. The minimum Gasteiger partial charge on any atom is -0.374 e. The second kappa shape index (κ2) is 10.4. The molecule has 0 unspecified atom stereocenters. The van der Waals surface area contributed by atoms with Crippen molar-refractivity contribution in [2.45, 2.75) is 38.3 Å². The number of aryl methyl sites for hydroxylation is 1. The van der Waals surface area contributed by atoms with Gasteiger partial charge in [-0.15, -0.1) is 0 Å². The Balaban J connectivity index is 1.39. The first-order valence-electron chi connectivity index (χ1n) is 11.4. The Labute approximate surface area is 194 Å². The van der Waals surface area contributed by atoms with E-state index in [-0.39, 0.29) is 12.6 Å². The lowest BCUT2D eigenvalue weighted by molar-refractivity contribution is -0.139. The van der Waals surface area contributed by atoms with E-state index < -0.39 is 11.8 Å². The van der Waals surface area contributed by atoms with E-state index in [4.69, 9.17) is 11.6 Å². The Morgan fingerprint density at radius 2 is 1.69 bits per heavy atom. The van der Waals surface area contributed by atoms with Crippen LogP contribution in [0.1, 0.15) is 42.0 Å². The van der Waals surface area contributed by atoms with Crippen molar-refractivity contribution >= 4 is 29.1 Å². The predicted molar refractivity (Wildman–Crippen MR) is 128 cm³/mol. The van der Waals surface area contributed by atoms with Gasteiger partial charge >= 0.3 is 11.8 Å². The number of hydrogen-bond acceptors (Lipinski definition) is 4. The minimum atomic E-state index is -0.618. The van der Waals surface area contributed by atoms with Gasteiger partial charge in [-0.1, -0.05) is 35.9 Å². The number of amides is 2. The molecule has 0 aromatic heterocycles. The molecule has 2 aromatic carbocycles. The van der Waals surface area contributed by atoms with E-state index >= 15 is 0 Å². The molecule has 6 nitrogen and oxygen atoms in total. The highest BCUT2D eigenvalue weighted by Gasteiger charge is 2.26. The van der Waals surface area contributed by atoms with Gasteiger partial charge in [0.1, 0.15) is 0 Å². The number of halogens is 1. The lowest BCUT2D eigenvalue weighted by atomic mass is 9.96. The number of carbonyl (C=O) groups excluding carboxylic acids is 2. The maximum Gasteiger partial charge on any atom is 0.309 e. The summed E-state index contributed by atoms with van der Waals surface area (Å²) >= 11 is 5.89. The van der Waals surface area contributed by atoms with Gasteiger partial charge in [-0.05, 0) is 73.7 Å². The molecule has 1 atom stereocenters. The zero-order valence-electron chi connectivity index (χ0n) is 18.6. The fraction of sp³-hybridized carbons (Fsp3) is 0.440. The molecule has 1 saturated heterocycles. The Morgan fingerprint density at radius 3 is 2.44 bits per heavy atom. The van der Waals surface area contributed by atoms with E-state index in [1.54, 1.807) is 12.1 Å². The van der Waals surface area contributed by atoms with Crippen LogP contribution in [-0.2, 0) is 22.6 Å². The van der Waals surface area contributed by atoms with Gasteiger partial charge in [-0.3, -0.25) is 14.5 Å². The lowest BCUT2D eigenvalue weighted by Gasteiger charge is -2.31. The summed E-state index contributed by atoms with van der Waals surface area (Å²) < 4.78 is 0. The van der Waals surface area contributed by atoms with E-state index in [2.05, 4.69) is 45.7 Å². The van der Waals surface area contributed by atoms with E-state index in [1.807, 2.05) is 12.1 Å². The first kappa shape index (κ1) is 22.6. The molecule has 2 amide bonds. The summed E-state index contributed by atoms with van der Waals surface area (Å²) in [6.07, 6.45) is 4.57. The minimum absolute atomic E-state index is 0.0723. The lowest BCUT2D eigenvalue weighted by Crippen LogP contribution is -2.43. The van der Waals surface area contributed by atoms with Gasteiger partial charge in [-0.2, -0.15) is 0 Å². The first-order chi connectivity index (χ1) is 15.5. The molecule has 2 aliphatic heterocycles. The Morgan fingerprint density at radius 1 is 0.969 bits per heavy atom. The highest BCUT2D eigenvalue weighted by Crippen LogP contribution is 2.31. The summed E-state index contributed by atoms with van der Waals surface area (Å²) in [5.74, 6) is -1.21. The summed E-state index contributed by atoms with van der Waals surface area (Å²) in [7, 11) is 2.14. The molecule has 2 heterocycles. The van der Waals surface area contributed by atoms with Gasteiger partial charge in [0.05, 0.1) is 6.04 Å². The van der Waals surface area contributed by atoms with Crippen LogP contribution >= 0.6 is 11.6 Å². The van der Waals surface area contributed by atoms with Crippen molar-refractivity contribution in [1.29, 1.82) is 0 Å². The normalized spacial score (nSPS) is 17.0. The van der Waals surface area contributed by atoms with E-state index in [9.17, 15) is 9.59 Å². The number of anilines is 1. The maximum atomic E-state index is 12.5. The molecule has 0 radical (unpaired) electrons. The van der Waals surface area contributed by atoms with Crippen molar-refractivity contribution in [3.05, 3.63) is 64.2 Å². The Bertz CT molecular complexity index is 957. The molecule has 0 aliphatic carbocycles. The first-order valence-corrected chi connectivity index (χ1v) is 11.8. The monoisotopic (exact) mass is 454 g/mol. The third-order valence-corrected chi connectivity index (χ3v) is 6.70. The molecule has 1 fully saturated rings. The van der Waals surface area contributed by atoms with Crippen LogP contribution < -0.4 is 15.5 Å². The smallest absolute Gasteiger partial charge is 0.309 e. The van der Waals surface area contributed by atoms with E-state index in [0.29, 0.717) is 11.6 Å². The van der Waals surface area contributed by atoms with Gasteiger partial charge in [0.15, 0.2) is 0 Å². The summed E-state index contributed by atoms with van der Waals surface area (Å²) in [4.78, 5) is 29.5. The summed E-state index contributed by atoms with van der Waals surface area (Å²) in [5.41, 5.74) is 4.77. The molecule has 4 rings (SSSR count).